The summed E-state index contributed by atoms with van der Waals surface area (Å²) in [5.41, 5.74) is 4.84. The standard InChI is InChI=1S/C18H13ClN2O2/c19-18-10(8-20)3-4-14-17(18)12-7-16-15(22-9-23-16)6-11(12)13-2-1-5-21(13)14/h3-4,6-7,13H,1-2,5,9H2. The number of anilines is 1. The first-order valence-corrected chi connectivity index (χ1v) is 8.09. The quantitative estimate of drug-likeness (QED) is 0.726. The zero-order chi connectivity index (χ0) is 15.6. The SMILES string of the molecule is N#Cc1ccc2c(c1Cl)-c1cc3c(cc1C1CCCN21)OCO3. The number of nitriles is 1. The fourth-order valence-electron chi connectivity index (χ4n) is 3.98. The summed E-state index contributed by atoms with van der Waals surface area (Å²) < 4.78 is 11.1. The minimum absolute atomic E-state index is 0.255. The molecule has 0 radical (unpaired) electrons. The highest BCUT2D eigenvalue weighted by Gasteiger charge is 2.37. The first-order valence-electron chi connectivity index (χ1n) is 7.71. The van der Waals surface area contributed by atoms with Crippen molar-refractivity contribution < 1.29 is 9.47 Å². The molecule has 1 fully saturated rings. The Hall–Kier alpha value is -2.38. The van der Waals surface area contributed by atoms with Crippen molar-refractivity contribution in [3.05, 3.63) is 40.4 Å². The number of nitrogens with zero attached hydrogens (tertiary/aromatic N) is 2. The van der Waals surface area contributed by atoms with Crippen LogP contribution in [0.15, 0.2) is 24.3 Å². The molecule has 3 heterocycles. The fraction of sp³-hybridized carbons (Fsp3) is 0.278. The Labute approximate surface area is 138 Å². The molecule has 1 unspecified atom stereocenters. The molecule has 2 aromatic rings. The summed E-state index contributed by atoms with van der Waals surface area (Å²) in [5.74, 6) is 1.55. The lowest BCUT2D eigenvalue weighted by Crippen LogP contribution is -2.27. The van der Waals surface area contributed by atoms with Crippen LogP contribution in [0.4, 0.5) is 5.69 Å². The van der Waals surface area contributed by atoms with Crippen molar-refractivity contribution in [2.24, 2.45) is 0 Å². The van der Waals surface area contributed by atoms with Gasteiger partial charge in [0, 0.05) is 17.8 Å². The molecule has 5 rings (SSSR count). The van der Waals surface area contributed by atoms with Crippen LogP contribution >= 0.6 is 11.6 Å². The van der Waals surface area contributed by atoms with Crippen LogP contribution in [0.1, 0.15) is 30.0 Å². The largest absolute Gasteiger partial charge is 0.454 e. The number of halogens is 1. The molecule has 5 heteroatoms. The lowest BCUT2D eigenvalue weighted by molar-refractivity contribution is 0.174. The van der Waals surface area contributed by atoms with Crippen LogP contribution in [0.5, 0.6) is 11.5 Å². The van der Waals surface area contributed by atoms with Crippen LogP contribution in [-0.2, 0) is 0 Å². The Morgan fingerprint density at radius 2 is 2.04 bits per heavy atom. The van der Waals surface area contributed by atoms with Crippen molar-refractivity contribution in [3.63, 3.8) is 0 Å². The fourth-order valence-corrected chi connectivity index (χ4v) is 4.28. The van der Waals surface area contributed by atoms with Crippen molar-refractivity contribution >= 4 is 17.3 Å². The minimum atomic E-state index is 0.255. The zero-order valence-corrected chi connectivity index (χ0v) is 13.1. The van der Waals surface area contributed by atoms with Crippen LogP contribution in [0.2, 0.25) is 5.02 Å². The number of hydrogen-bond donors (Lipinski definition) is 0. The van der Waals surface area contributed by atoms with Gasteiger partial charge in [-0.1, -0.05) is 11.6 Å². The second-order valence-electron chi connectivity index (χ2n) is 6.08. The molecule has 114 valence electrons. The van der Waals surface area contributed by atoms with Crippen LogP contribution < -0.4 is 14.4 Å². The maximum absolute atomic E-state index is 9.32. The second kappa shape index (κ2) is 4.56. The first kappa shape index (κ1) is 13.1. The molecular weight excluding hydrogens is 312 g/mol. The van der Waals surface area contributed by atoms with E-state index in [9.17, 15) is 5.26 Å². The topological polar surface area (TPSA) is 45.5 Å². The van der Waals surface area contributed by atoms with Crippen molar-refractivity contribution in [3.8, 4) is 28.7 Å². The summed E-state index contributed by atoms with van der Waals surface area (Å²) in [4.78, 5) is 2.40. The highest BCUT2D eigenvalue weighted by atomic mass is 35.5. The third-order valence-corrected chi connectivity index (χ3v) is 5.37. The lowest BCUT2D eigenvalue weighted by Gasteiger charge is -2.36. The Morgan fingerprint density at radius 1 is 1.22 bits per heavy atom. The van der Waals surface area contributed by atoms with Crippen LogP contribution in [-0.4, -0.2) is 13.3 Å². The van der Waals surface area contributed by atoms with Gasteiger partial charge in [-0.15, -0.1) is 0 Å². The van der Waals surface area contributed by atoms with E-state index >= 15 is 0 Å². The van der Waals surface area contributed by atoms with E-state index in [1.807, 2.05) is 18.2 Å². The average Bonchev–Trinajstić information content (AvgIpc) is 3.22. The van der Waals surface area contributed by atoms with Gasteiger partial charge in [0.1, 0.15) is 6.07 Å². The van der Waals surface area contributed by atoms with E-state index in [0.717, 1.165) is 47.7 Å². The molecule has 1 saturated heterocycles. The molecule has 0 amide bonds. The molecule has 2 aromatic carbocycles. The summed E-state index contributed by atoms with van der Waals surface area (Å²) in [7, 11) is 0. The number of rotatable bonds is 0. The number of ether oxygens (including phenoxy) is 2. The zero-order valence-electron chi connectivity index (χ0n) is 12.3. The molecule has 0 saturated carbocycles. The van der Waals surface area contributed by atoms with E-state index in [-0.39, 0.29) is 6.79 Å². The molecule has 0 aromatic heterocycles. The van der Waals surface area contributed by atoms with E-state index in [4.69, 9.17) is 21.1 Å². The Balaban J connectivity index is 1.85. The predicted molar refractivity (Wildman–Crippen MR) is 87.0 cm³/mol. The van der Waals surface area contributed by atoms with Crippen LogP contribution in [0.3, 0.4) is 0 Å². The van der Waals surface area contributed by atoms with Gasteiger partial charge in [0.15, 0.2) is 11.5 Å². The highest BCUT2D eigenvalue weighted by molar-refractivity contribution is 6.35. The molecule has 3 aliphatic heterocycles. The van der Waals surface area contributed by atoms with Crippen molar-refractivity contribution in [2.45, 2.75) is 18.9 Å². The first-order chi connectivity index (χ1) is 11.3. The van der Waals surface area contributed by atoms with E-state index in [1.54, 1.807) is 0 Å². The van der Waals surface area contributed by atoms with Gasteiger partial charge < -0.3 is 14.4 Å². The number of benzene rings is 2. The van der Waals surface area contributed by atoms with E-state index in [0.29, 0.717) is 16.6 Å². The van der Waals surface area contributed by atoms with Gasteiger partial charge in [-0.3, -0.25) is 0 Å². The Morgan fingerprint density at radius 3 is 2.87 bits per heavy atom. The Bertz CT molecular complexity index is 884. The highest BCUT2D eigenvalue weighted by Crippen LogP contribution is 2.54. The summed E-state index contributed by atoms with van der Waals surface area (Å²) in [6.45, 7) is 1.26. The minimum Gasteiger partial charge on any atom is -0.454 e. The monoisotopic (exact) mass is 324 g/mol. The average molecular weight is 325 g/mol. The van der Waals surface area contributed by atoms with Gasteiger partial charge in [-0.25, -0.2) is 0 Å². The van der Waals surface area contributed by atoms with Gasteiger partial charge in [0.05, 0.1) is 16.6 Å². The van der Waals surface area contributed by atoms with Crippen LogP contribution in [0, 0.1) is 11.3 Å². The Kier molecular flexibility index (Phi) is 2.60. The molecule has 3 aliphatic rings. The molecule has 0 aliphatic carbocycles. The smallest absolute Gasteiger partial charge is 0.231 e. The summed E-state index contributed by atoms with van der Waals surface area (Å²) in [5, 5.41) is 9.84. The number of hydrogen-bond acceptors (Lipinski definition) is 4. The van der Waals surface area contributed by atoms with Gasteiger partial charge in [0.2, 0.25) is 6.79 Å². The molecule has 4 nitrogen and oxygen atoms in total. The number of fused-ring (bicyclic) bond motifs is 7. The maximum atomic E-state index is 9.32. The predicted octanol–water partition coefficient (Wildman–Crippen LogP) is 4.26. The molecular formula is C18H13ClN2O2. The van der Waals surface area contributed by atoms with Crippen molar-refractivity contribution in [1.82, 2.24) is 0 Å². The molecule has 0 bridgehead atoms. The molecule has 23 heavy (non-hydrogen) atoms. The van der Waals surface area contributed by atoms with Gasteiger partial charge in [-0.2, -0.15) is 5.26 Å². The summed E-state index contributed by atoms with van der Waals surface area (Å²) in [6, 6.07) is 10.5. The van der Waals surface area contributed by atoms with Gasteiger partial charge >= 0.3 is 0 Å². The molecule has 0 spiro atoms. The van der Waals surface area contributed by atoms with E-state index < -0.39 is 0 Å². The second-order valence-corrected chi connectivity index (χ2v) is 6.46. The summed E-state index contributed by atoms with van der Waals surface area (Å²) >= 11 is 6.57. The van der Waals surface area contributed by atoms with E-state index in [2.05, 4.69) is 17.0 Å². The van der Waals surface area contributed by atoms with Gasteiger partial charge in [0.25, 0.3) is 0 Å². The van der Waals surface area contributed by atoms with Crippen molar-refractivity contribution in [2.75, 3.05) is 18.2 Å². The summed E-state index contributed by atoms with van der Waals surface area (Å²) in [6.07, 6.45) is 2.26. The van der Waals surface area contributed by atoms with E-state index in [1.165, 1.54) is 5.56 Å². The van der Waals surface area contributed by atoms with Crippen molar-refractivity contribution in [1.29, 1.82) is 5.26 Å². The van der Waals surface area contributed by atoms with Gasteiger partial charge in [-0.05, 0) is 48.2 Å². The molecule has 1 atom stereocenters. The lowest BCUT2D eigenvalue weighted by atomic mass is 9.87. The van der Waals surface area contributed by atoms with Crippen LogP contribution in [0.25, 0.3) is 11.1 Å². The normalized spacial score (nSPS) is 19.8. The molecule has 0 N–H and O–H groups in total. The third-order valence-electron chi connectivity index (χ3n) is 4.98. The third kappa shape index (κ3) is 1.66. The maximum Gasteiger partial charge on any atom is 0.231 e.